The van der Waals surface area contributed by atoms with Crippen LogP contribution in [0.5, 0.6) is 0 Å². The number of aromatic nitrogens is 2. The number of ether oxygens (including phenoxy) is 1. The summed E-state index contributed by atoms with van der Waals surface area (Å²) in [5.74, 6) is -0.0924. The van der Waals surface area contributed by atoms with E-state index in [0.29, 0.717) is 13.1 Å². The third-order valence-electron chi connectivity index (χ3n) is 3.65. The second-order valence-corrected chi connectivity index (χ2v) is 5.89. The minimum absolute atomic E-state index is 0.0159. The van der Waals surface area contributed by atoms with Crippen LogP contribution in [0.1, 0.15) is 18.4 Å². The molecule has 0 unspecified atom stereocenters. The van der Waals surface area contributed by atoms with Gasteiger partial charge < -0.3 is 9.64 Å². The van der Waals surface area contributed by atoms with E-state index in [4.69, 9.17) is 16.3 Å². The Morgan fingerprint density at radius 1 is 1.48 bits per heavy atom. The van der Waals surface area contributed by atoms with Gasteiger partial charge in [0.2, 0.25) is 5.91 Å². The Balaban J connectivity index is 1.79. The zero-order chi connectivity index (χ0) is 14.7. The molecule has 5 nitrogen and oxygen atoms in total. The lowest BCUT2D eigenvalue weighted by Gasteiger charge is -2.25. The van der Waals surface area contributed by atoms with Crippen molar-refractivity contribution in [1.29, 1.82) is 0 Å². The Hall–Kier alpha value is -1.24. The molecule has 112 valence electrons. The maximum Gasteiger partial charge on any atom is 0.237 e. The molecule has 1 saturated heterocycles. The van der Waals surface area contributed by atoms with Crippen LogP contribution in [-0.2, 0) is 16.1 Å². The van der Waals surface area contributed by atoms with Crippen LogP contribution in [0.25, 0.3) is 11.0 Å². The maximum absolute atomic E-state index is 12.1. The lowest BCUT2D eigenvalue weighted by molar-refractivity contribution is -0.130. The first-order valence-corrected chi connectivity index (χ1v) is 8.20. The van der Waals surface area contributed by atoms with Gasteiger partial charge in [0.05, 0.1) is 17.8 Å². The third-order valence-corrected chi connectivity index (χ3v) is 4.42. The van der Waals surface area contributed by atoms with Gasteiger partial charge in [0.25, 0.3) is 0 Å². The van der Waals surface area contributed by atoms with Gasteiger partial charge in [0.1, 0.15) is 16.9 Å². The number of carbonyl (C=O) groups is 1. The van der Waals surface area contributed by atoms with Crippen LogP contribution in [0.2, 0.25) is 0 Å². The summed E-state index contributed by atoms with van der Waals surface area (Å²) in [5, 5.41) is 0. The van der Waals surface area contributed by atoms with Crippen LogP contribution < -0.4 is 0 Å². The van der Waals surface area contributed by atoms with Crippen molar-refractivity contribution in [2.75, 3.05) is 19.0 Å². The lowest BCUT2D eigenvalue weighted by Crippen LogP contribution is -2.37. The van der Waals surface area contributed by atoms with Crippen molar-refractivity contribution in [2.45, 2.75) is 25.5 Å². The molecule has 1 aromatic carbocycles. The van der Waals surface area contributed by atoms with Crippen molar-refractivity contribution in [3.63, 3.8) is 0 Å². The minimum Gasteiger partial charge on any atom is -0.376 e. The zero-order valence-electron chi connectivity index (χ0n) is 11.5. The molecule has 0 radical (unpaired) electrons. The quantitative estimate of drug-likeness (QED) is 0.792. The van der Waals surface area contributed by atoms with Crippen LogP contribution in [0, 0.1) is 0 Å². The van der Waals surface area contributed by atoms with Crippen molar-refractivity contribution in [2.24, 2.45) is 0 Å². The molecule has 1 amide bonds. The highest BCUT2D eigenvalue weighted by Gasteiger charge is 2.23. The molecule has 2 heterocycles. The number of carbonyl (C=O) groups excluding carboxylic acids is 1. The number of nitrogens with zero attached hydrogens (tertiary/aromatic N) is 3. The second kappa shape index (κ2) is 6.68. The standard InChI is InChI=1S/C14H16ClN3O2S/c15-7-13(19)18(9-11-4-2-6-20-11)8-10-3-1-5-12-14(10)17-21-16-12/h1,3,5,11H,2,4,6-9H2/t11-/m0/s1. The molecule has 21 heavy (non-hydrogen) atoms. The fraction of sp³-hybridized carbons (Fsp3) is 0.500. The molecule has 1 fully saturated rings. The first-order valence-electron chi connectivity index (χ1n) is 6.93. The summed E-state index contributed by atoms with van der Waals surface area (Å²) in [7, 11) is 0. The monoisotopic (exact) mass is 325 g/mol. The van der Waals surface area contributed by atoms with Crippen LogP contribution in [0.4, 0.5) is 0 Å². The van der Waals surface area contributed by atoms with E-state index in [1.54, 1.807) is 4.90 Å². The first kappa shape index (κ1) is 14.7. The summed E-state index contributed by atoms with van der Waals surface area (Å²) < 4.78 is 14.2. The Morgan fingerprint density at radius 3 is 3.14 bits per heavy atom. The van der Waals surface area contributed by atoms with Gasteiger partial charge in [-0.3, -0.25) is 4.79 Å². The number of fused-ring (bicyclic) bond motifs is 1. The molecule has 0 aliphatic carbocycles. The number of halogens is 1. The van der Waals surface area contributed by atoms with E-state index in [1.807, 2.05) is 18.2 Å². The highest BCUT2D eigenvalue weighted by atomic mass is 35.5. The number of hydrogen-bond donors (Lipinski definition) is 0. The largest absolute Gasteiger partial charge is 0.376 e. The molecular weight excluding hydrogens is 310 g/mol. The Bertz CT molecular complexity index is 627. The molecule has 1 aliphatic rings. The average Bonchev–Trinajstić information content (AvgIpc) is 3.17. The normalized spacial score (nSPS) is 18.2. The summed E-state index contributed by atoms with van der Waals surface area (Å²) in [5.41, 5.74) is 2.73. The SMILES string of the molecule is O=C(CCl)N(Cc1cccc2nsnc12)C[C@@H]1CCCO1. The van der Waals surface area contributed by atoms with Crippen LogP contribution >= 0.6 is 23.3 Å². The smallest absolute Gasteiger partial charge is 0.237 e. The third kappa shape index (κ3) is 3.33. The number of alkyl halides is 1. The number of benzene rings is 1. The van der Waals surface area contributed by atoms with E-state index in [1.165, 1.54) is 11.7 Å². The molecule has 1 aromatic heterocycles. The summed E-state index contributed by atoms with van der Waals surface area (Å²) >= 11 is 6.92. The molecule has 2 aromatic rings. The van der Waals surface area contributed by atoms with Gasteiger partial charge in [0, 0.05) is 25.3 Å². The molecule has 0 bridgehead atoms. The molecule has 1 atom stereocenters. The van der Waals surface area contributed by atoms with Crippen molar-refractivity contribution in [3.05, 3.63) is 23.8 Å². The Kier molecular flexibility index (Phi) is 4.67. The maximum atomic E-state index is 12.1. The Morgan fingerprint density at radius 2 is 2.38 bits per heavy atom. The van der Waals surface area contributed by atoms with Crippen molar-refractivity contribution >= 4 is 40.3 Å². The summed E-state index contributed by atoms with van der Waals surface area (Å²) in [6.07, 6.45) is 2.16. The first-order chi connectivity index (χ1) is 10.3. The number of rotatable bonds is 5. The highest BCUT2D eigenvalue weighted by Crippen LogP contribution is 2.20. The Labute approximate surface area is 132 Å². The van der Waals surface area contributed by atoms with E-state index in [9.17, 15) is 4.79 Å². The molecule has 7 heteroatoms. The molecule has 1 aliphatic heterocycles. The van der Waals surface area contributed by atoms with Gasteiger partial charge in [0.15, 0.2) is 0 Å². The fourth-order valence-corrected chi connectivity index (χ4v) is 3.31. The summed E-state index contributed by atoms with van der Waals surface area (Å²) in [6, 6.07) is 5.85. The number of hydrogen-bond acceptors (Lipinski definition) is 5. The molecular formula is C14H16ClN3O2S. The zero-order valence-corrected chi connectivity index (χ0v) is 13.1. The van der Waals surface area contributed by atoms with E-state index in [-0.39, 0.29) is 17.9 Å². The predicted octanol–water partition coefficient (Wildman–Crippen LogP) is 2.44. The average molecular weight is 326 g/mol. The predicted molar refractivity (Wildman–Crippen MR) is 82.5 cm³/mol. The molecule has 0 saturated carbocycles. The van der Waals surface area contributed by atoms with E-state index in [0.717, 1.165) is 36.0 Å². The van der Waals surface area contributed by atoms with Gasteiger partial charge in [-0.2, -0.15) is 8.75 Å². The van der Waals surface area contributed by atoms with E-state index in [2.05, 4.69) is 8.75 Å². The van der Waals surface area contributed by atoms with Gasteiger partial charge in [-0.15, -0.1) is 11.6 Å². The number of amides is 1. The molecule has 3 rings (SSSR count). The van der Waals surface area contributed by atoms with Crippen LogP contribution in [0.15, 0.2) is 18.2 Å². The molecule has 0 N–H and O–H groups in total. The topological polar surface area (TPSA) is 55.3 Å². The summed E-state index contributed by atoms with van der Waals surface area (Å²) in [4.78, 5) is 13.8. The highest BCUT2D eigenvalue weighted by molar-refractivity contribution is 7.00. The van der Waals surface area contributed by atoms with Crippen molar-refractivity contribution < 1.29 is 9.53 Å². The fourth-order valence-electron chi connectivity index (χ4n) is 2.57. The van der Waals surface area contributed by atoms with Gasteiger partial charge in [-0.05, 0) is 18.9 Å². The lowest BCUT2D eigenvalue weighted by atomic mass is 10.1. The summed E-state index contributed by atoms with van der Waals surface area (Å²) in [6.45, 7) is 1.85. The van der Waals surface area contributed by atoms with E-state index >= 15 is 0 Å². The van der Waals surface area contributed by atoms with Crippen LogP contribution in [0.3, 0.4) is 0 Å². The van der Waals surface area contributed by atoms with Crippen molar-refractivity contribution in [1.82, 2.24) is 13.6 Å². The van der Waals surface area contributed by atoms with Gasteiger partial charge in [-0.1, -0.05) is 12.1 Å². The second-order valence-electron chi connectivity index (χ2n) is 5.09. The van der Waals surface area contributed by atoms with Gasteiger partial charge in [-0.25, -0.2) is 0 Å². The molecule has 0 spiro atoms. The van der Waals surface area contributed by atoms with E-state index < -0.39 is 0 Å². The van der Waals surface area contributed by atoms with Crippen molar-refractivity contribution in [3.8, 4) is 0 Å². The minimum atomic E-state index is -0.0765. The van der Waals surface area contributed by atoms with Gasteiger partial charge >= 0.3 is 0 Å². The van der Waals surface area contributed by atoms with Crippen LogP contribution in [-0.4, -0.2) is 44.7 Å².